The molecule has 0 aliphatic heterocycles. The average Bonchev–Trinajstić information content (AvgIpc) is 2.77. The van der Waals surface area contributed by atoms with Crippen molar-refractivity contribution in [3.05, 3.63) is 46.5 Å². The molecule has 2 aromatic heterocycles. The molecule has 0 saturated carbocycles. The topological polar surface area (TPSA) is 82.5 Å². The minimum atomic E-state index is -0.319. The third kappa shape index (κ3) is 2.11. The summed E-state index contributed by atoms with van der Waals surface area (Å²) >= 11 is 3.36. The number of nitrogens with zero attached hydrogens (tertiary/aromatic N) is 5. The Morgan fingerprint density at radius 1 is 1.21 bits per heavy atom. The molecule has 96 valence electrons. The molecule has 3 aromatic rings. The van der Waals surface area contributed by atoms with Gasteiger partial charge >= 0.3 is 0 Å². The summed E-state index contributed by atoms with van der Waals surface area (Å²) in [6.07, 6.45) is 3.34. The Bertz CT molecular complexity index is 718. The van der Waals surface area contributed by atoms with Crippen LogP contribution in [0.1, 0.15) is 17.3 Å². The van der Waals surface area contributed by atoms with Crippen LogP contribution in [0.5, 0.6) is 0 Å². The number of aromatic nitrogens is 5. The summed E-state index contributed by atoms with van der Waals surface area (Å²) in [5.74, 6) is 0. The molecule has 1 unspecified atom stereocenters. The zero-order valence-corrected chi connectivity index (χ0v) is 11.7. The zero-order valence-electron chi connectivity index (χ0n) is 10.2. The van der Waals surface area contributed by atoms with E-state index in [9.17, 15) is 0 Å². The summed E-state index contributed by atoms with van der Waals surface area (Å²) in [7, 11) is 1.81. The van der Waals surface area contributed by atoms with Gasteiger partial charge in [-0.1, -0.05) is 11.3 Å². The molecule has 0 fully saturated rings. The molecule has 2 heterocycles. The second-order valence-electron chi connectivity index (χ2n) is 4.17. The maximum absolute atomic E-state index is 6.27. The molecule has 0 radical (unpaired) electrons. The first kappa shape index (κ1) is 12.2. The van der Waals surface area contributed by atoms with E-state index in [-0.39, 0.29) is 6.04 Å². The third-order valence-corrected chi connectivity index (χ3v) is 3.54. The van der Waals surface area contributed by atoms with Crippen LogP contribution in [-0.2, 0) is 7.05 Å². The lowest BCUT2D eigenvalue weighted by Gasteiger charge is -2.12. The Balaban J connectivity index is 2.09. The smallest absolute Gasteiger partial charge is 0.153 e. The van der Waals surface area contributed by atoms with Crippen LogP contribution < -0.4 is 5.73 Å². The molecule has 3 rings (SSSR count). The number of halogens is 1. The lowest BCUT2D eigenvalue weighted by Crippen LogP contribution is -2.16. The predicted octanol–water partition coefficient (Wildman–Crippen LogP) is 1.57. The Morgan fingerprint density at radius 3 is 2.63 bits per heavy atom. The van der Waals surface area contributed by atoms with Crippen molar-refractivity contribution in [2.75, 3.05) is 0 Å². The van der Waals surface area contributed by atoms with Gasteiger partial charge in [-0.05, 0) is 33.6 Å². The second-order valence-corrected chi connectivity index (χ2v) is 4.92. The zero-order chi connectivity index (χ0) is 13.4. The summed E-state index contributed by atoms with van der Waals surface area (Å²) < 4.78 is 2.32. The quantitative estimate of drug-likeness (QED) is 0.775. The fraction of sp³-hybridized carbons (Fsp3) is 0.167. The molecule has 0 saturated heterocycles. The normalized spacial score (nSPS) is 12.8. The van der Waals surface area contributed by atoms with Crippen LogP contribution in [0.25, 0.3) is 11.0 Å². The minimum absolute atomic E-state index is 0.319. The van der Waals surface area contributed by atoms with E-state index < -0.39 is 0 Å². The van der Waals surface area contributed by atoms with Gasteiger partial charge in [0.15, 0.2) is 4.60 Å². The highest BCUT2D eigenvalue weighted by Gasteiger charge is 2.18. The standard InChI is InChI=1S/C12H11BrN6/c1-19-11(12(13)17-18-19)10(14)7-2-3-8-9(6-7)16-5-4-15-8/h2-6,10H,14H2,1H3. The van der Waals surface area contributed by atoms with Crippen LogP contribution in [0.3, 0.4) is 0 Å². The summed E-state index contributed by atoms with van der Waals surface area (Å²) in [5.41, 5.74) is 9.71. The molecule has 0 bridgehead atoms. The molecule has 1 atom stereocenters. The van der Waals surface area contributed by atoms with Gasteiger partial charge in [0, 0.05) is 19.4 Å². The molecule has 7 heteroatoms. The highest BCUT2D eigenvalue weighted by molar-refractivity contribution is 9.10. The second kappa shape index (κ2) is 4.67. The number of hydrogen-bond donors (Lipinski definition) is 1. The van der Waals surface area contributed by atoms with Crippen molar-refractivity contribution in [2.24, 2.45) is 12.8 Å². The molecule has 0 aliphatic carbocycles. The largest absolute Gasteiger partial charge is 0.319 e. The van der Waals surface area contributed by atoms with Gasteiger partial charge in [0.2, 0.25) is 0 Å². The molecule has 19 heavy (non-hydrogen) atoms. The number of fused-ring (bicyclic) bond motifs is 1. The van der Waals surface area contributed by atoms with Crippen LogP contribution in [-0.4, -0.2) is 25.0 Å². The molecule has 0 amide bonds. The van der Waals surface area contributed by atoms with Gasteiger partial charge in [-0.15, -0.1) is 5.10 Å². The van der Waals surface area contributed by atoms with E-state index in [1.54, 1.807) is 17.1 Å². The van der Waals surface area contributed by atoms with Crippen molar-refractivity contribution in [2.45, 2.75) is 6.04 Å². The summed E-state index contributed by atoms with van der Waals surface area (Å²) in [4.78, 5) is 8.52. The van der Waals surface area contributed by atoms with Crippen LogP contribution in [0.2, 0.25) is 0 Å². The van der Waals surface area contributed by atoms with Crippen molar-refractivity contribution >= 4 is 27.0 Å². The van der Waals surface area contributed by atoms with Crippen LogP contribution in [0.4, 0.5) is 0 Å². The van der Waals surface area contributed by atoms with Crippen LogP contribution in [0, 0.1) is 0 Å². The van der Waals surface area contributed by atoms with E-state index in [2.05, 4.69) is 36.2 Å². The number of benzene rings is 1. The number of aryl methyl sites for hydroxylation is 1. The van der Waals surface area contributed by atoms with E-state index in [1.807, 2.05) is 25.2 Å². The van der Waals surface area contributed by atoms with Gasteiger partial charge in [0.1, 0.15) is 0 Å². The number of hydrogen-bond acceptors (Lipinski definition) is 5. The van der Waals surface area contributed by atoms with Crippen LogP contribution >= 0.6 is 15.9 Å². The van der Waals surface area contributed by atoms with Crippen molar-refractivity contribution in [3.63, 3.8) is 0 Å². The first-order chi connectivity index (χ1) is 9.16. The predicted molar refractivity (Wildman–Crippen MR) is 74.3 cm³/mol. The van der Waals surface area contributed by atoms with Gasteiger partial charge < -0.3 is 5.73 Å². The average molecular weight is 319 g/mol. The molecular formula is C12H11BrN6. The molecule has 0 aliphatic rings. The highest BCUT2D eigenvalue weighted by Crippen LogP contribution is 2.25. The van der Waals surface area contributed by atoms with E-state index in [4.69, 9.17) is 5.73 Å². The van der Waals surface area contributed by atoms with Crippen molar-refractivity contribution in [1.82, 2.24) is 25.0 Å². The summed E-state index contributed by atoms with van der Waals surface area (Å²) in [5, 5.41) is 7.88. The Morgan fingerprint density at radius 2 is 1.95 bits per heavy atom. The molecule has 2 N–H and O–H groups in total. The fourth-order valence-electron chi connectivity index (χ4n) is 2.00. The molecular weight excluding hydrogens is 308 g/mol. The first-order valence-electron chi connectivity index (χ1n) is 5.68. The number of rotatable bonds is 2. The first-order valence-corrected chi connectivity index (χ1v) is 6.47. The van der Waals surface area contributed by atoms with Crippen LogP contribution in [0.15, 0.2) is 35.2 Å². The van der Waals surface area contributed by atoms with Crippen molar-refractivity contribution < 1.29 is 0 Å². The molecule has 1 aromatic carbocycles. The van der Waals surface area contributed by atoms with E-state index in [1.165, 1.54) is 0 Å². The maximum Gasteiger partial charge on any atom is 0.153 e. The lowest BCUT2D eigenvalue weighted by atomic mass is 10.0. The van der Waals surface area contributed by atoms with Gasteiger partial charge in [0.25, 0.3) is 0 Å². The summed E-state index contributed by atoms with van der Waals surface area (Å²) in [6.45, 7) is 0. The fourth-order valence-corrected chi connectivity index (χ4v) is 2.57. The van der Waals surface area contributed by atoms with Gasteiger partial charge in [-0.25, -0.2) is 4.68 Å². The van der Waals surface area contributed by atoms with Gasteiger partial charge in [-0.2, -0.15) is 0 Å². The summed E-state index contributed by atoms with van der Waals surface area (Å²) in [6, 6.07) is 5.48. The Kier molecular flexibility index (Phi) is 3.00. The Labute approximate surface area is 117 Å². The SMILES string of the molecule is Cn1nnc(Br)c1C(N)c1ccc2nccnc2c1. The van der Waals surface area contributed by atoms with Gasteiger partial charge in [-0.3, -0.25) is 9.97 Å². The maximum atomic E-state index is 6.27. The van der Waals surface area contributed by atoms with E-state index >= 15 is 0 Å². The lowest BCUT2D eigenvalue weighted by molar-refractivity contribution is 0.651. The minimum Gasteiger partial charge on any atom is -0.319 e. The third-order valence-electron chi connectivity index (χ3n) is 2.97. The van der Waals surface area contributed by atoms with E-state index in [0.717, 1.165) is 22.3 Å². The Hall–Kier alpha value is -1.86. The van der Waals surface area contributed by atoms with E-state index in [0.29, 0.717) is 4.60 Å². The highest BCUT2D eigenvalue weighted by atomic mass is 79.9. The number of nitrogens with two attached hydrogens (primary N) is 1. The van der Waals surface area contributed by atoms with Crippen molar-refractivity contribution in [3.8, 4) is 0 Å². The van der Waals surface area contributed by atoms with Crippen molar-refractivity contribution in [1.29, 1.82) is 0 Å². The molecule has 6 nitrogen and oxygen atoms in total. The monoisotopic (exact) mass is 318 g/mol. The molecule has 0 spiro atoms. The van der Waals surface area contributed by atoms with Gasteiger partial charge in [0.05, 0.1) is 22.8 Å².